The summed E-state index contributed by atoms with van der Waals surface area (Å²) in [5, 5.41) is 4.87. The van der Waals surface area contributed by atoms with Crippen LogP contribution in [0.1, 0.15) is 22.3 Å². The van der Waals surface area contributed by atoms with Gasteiger partial charge in [0, 0.05) is 39.5 Å². The van der Waals surface area contributed by atoms with Crippen LogP contribution in [-0.2, 0) is 0 Å². The van der Waals surface area contributed by atoms with Crippen molar-refractivity contribution in [3.8, 4) is 22.5 Å². The van der Waals surface area contributed by atoms with Crippen molar-refractivity contribution in [2.45, 2.75) is 27.7 Å². The van der Waals surface area contributed by atoms with Crippen molar-refractivity contribution in [1.82, 2.24) is 14.1 Å². The fraction of sp³-hybridized carbons (Fsp3) is 0.100. The van der Waals surface area contributed by atoms with Gasteiger partial charge in [-0.15, -0.1) is 0 Å². The van der Waals surface area contributed by atoms with Crippen LogP contribution < -0.4 is 0 Å². The summed E-state index contributed by atoms with van der Waals surface area (Å²) in [6.07, 6.45) is 3.82. The first-order chi connectivity index (χ1) is 21.4. The Hall–Kier alpha value is -5.66. The van der Waals surface area contributed by atoms with Crippen molar-refractivity contribution in [1.29, 1.82) is 0 Å². The van der Waals surface area contributed by atoms with Crippen LogP contribution in [-0.4, -0.2) is 14.1 Å². The molecule has 44 heavy (non-hydrogen) atoms. The third-order valence-electron chi connectivity index (χ3n) is 8.84. The lowest BCUT2D eigenvalue weighted by Crippen LogP contribution is -2.02. The number of pyridine rings is 1. The molecule has 3 heterocycles. The first-order valence-electron chi connectivity index (χ1n) is 14.9. The van der Waals surface area contributed by atoms with E-state index in [1.54, 1.807) is 0 Å². The highest BCUT2D eigenvalue weighted by Crippen LogP contribution is 2.42. The van der Waals surface area contributed by atoms with E-state index in [2.05, 4.69) is 132 Å². The number of aryl methyl sites for hydroxylation is 4. The van der Waals surface area contributed by atoms with Crippen LogP contribution in [0.25, 0.3) is 71.0 Å². The quantitative estimate of drug-likeness (QED) is 0.195. The zero-order valence-electron chi connectivity index (χ0n) is 25.2. The molecule has 0 radical (unpaired) electrons. The van der Waals surface area contributed by atoms with Gasteiger partial charge in [0.2, 0.25) is 0 Å². The van der Waals surface area contributed by atoms with E-state index in [0.717, 1.165) is 44.6 Å². The first-order valence-corrected chi connectivity index (χ1v) is 14.9. The molecule has 0 saturated carbocycles. The minimum atomic E-state index is 0.598. The summed E-state index contributed by atoms with van der Waals surface area (Å²) in [5.74, 6) is 0. The lowest BCUT2D eigenvalue weighted by molar-refractivity contribution is 1.14. The average molecular weight is 567 g/mol. The standard InChI is InChI=1S/C40H30N4/c1-24-6-11-29-30-12-7-25(2)19-38(30)43(37(29)18-24)35-15-10-28(41-5)22-33(35)34-23-42-17-16-36(34)44-39-20-26(3)8-13-31(39)32-14-9-27(4)21-40(32)44/h6-23H,1-4H3. The molecule has 0 aliphatic rings. The minimum absolute atomic E-state index is 0.598. The SMILES string of the molecule is [C-]#[N+]c1ccc(-n2c3cc(C)ccc3c3ccc(C)cc32)c(-c2cnccc2-n2c3cc(C)ccc3c3ccc(C)cc32)c1. The predicted molar refractivity (Wildman–Crippen MR) is 184 cm³/mol. The summed E-state index contributed by atoms with van der Waals surface area (Å²) in [5.41, 5.74) is 14.0. The third kappa shape index (κ3) is 3.87. The van der Waals surface area contributed by atoms with Crippen molar-refractivity contribution < 1.29 is 0 Å². The van der Waals surface area contributed by atoms with Gasteiger partial charge >= 0.3 is 0 Å². The zero-order chi connectivity index (χ0) is 30.1. The Morgan fingerprint density at radius 1 is 0.500 bits per heavy atom. The molecule has 0 aliphatic heterocycles. The van der Waals surface area contributed by atoms with Crippen molar-refractivity contribution in [2.75, 3.05) is 0 Å². The lowest BCUT2D eigenvalue weighted by Gasteiger charge is -2.19. The minimum Gasteiger partial charge on any atom is -0.309 e. The lowest BCUT2D eigenvalue weighted by atomic mass is 10.0. The number of rotatable bonds is 3. The molecule has 4 heteroatoms. The van der Waals surface area contributed by atoms with Crippen LogP contribution in [0, 0.1) is 34.3 Å². The van der Waals surface area contributed by atoms with Crippen molar-refractivity contribution >= 4 is 49.3 Å². The van der Waals surface area contributed by atoms with E-state index in [1.807, 2.05) is 24.5 Å². The predicted octanol–water partition coefficient (Wildman–Crippen LogP) is 10.7. The Bertz CT molecular complexity index is 2380. The molecule has 0 fully saturated rings. The molecular weight excluding hydrogens is 536 g/mol. The molecule has 8 rings (SSSR count). The van der Waals surface area contributed by atoms with Crippen LogP contribution in [0.2, 0.25) is 0 Å². The monoisotopic (exact) mass is 566 g/mol. The van der Waals surface area contributed by atoms with Crippen LogP contribution >= 0.6 is 0 Å². The summed E-state index contributed by atoms with van der Waals surface area (Å²) < 4.78 is 4.74. The van der Waals surface area contributed by atoms with Crippen LogP contribution in [0.15, 0.2) is 109 Å². The Morgan fingerprint density at radius 2 is 0.932 bits per heavy atom. The highest BCUT2D eigenvalue weighted by atomic mass is 15.0. The highest BCUT2D eigenvalue weighted by molar-refractivity contribution is 6.12. The second kappa shape index (κ2) is 9.69. The van der Waals surface area contributed by atoms with E-state index >= 15 is 0 Å². The van der Waals surface area contributed by atoms with Crippen molar-refractivity contribution in [3.05, 3.63) is 143 Å². The van der Waals surface area contributed by atoms with Crippen molar-refractivity contribution in [2.24, 2.45) is 0 Å². The zero-order valence-corrected chi connectivity index (χ0v) is 25.2. The van der Waals surface area contributed by atoms with Gasteiger partial charge in [-0.25, -0.2) is 4.85 Å². The van der Waals surface area contributed by atoms with Gasteiger partial charge < -0.3 is 9.13 Å². The first kappa shape index (κ1) is 26.0. The van der Waals surface area contributed by atoms with Crippen LogP contribution in [0.4, 0.5) is 5.69 Å². The molecule has 8 aromatic rings. The third-order valence-corrected chi connectivity index (χ3v) is 8.84. The maximum absolute atomic E-state index is 7.92. The second-order valence-corrected chi connectivity index (χ2v) is 12.0. The number of hydrogen-bond acceptors (Lipinski definition) is 1. The van der Waals surface area contributed by atoms with E-state index in [0.29, 0.717) is 5.69 Å². The number of aromatic nitrogens is 3. The van der Waals surface area contributed by atoms with E-state index in [-0.39, 0.29) is 0 Å². The van der Waals surface area contributed by atoms with Crippen LogP contribution in [0.5, 0.6) is 0 Å². The molecule has 0 saturated heterocycles. The Kier molecular flexibility index (Phi) is 5.73. The number of hydrogen-bond donors (Lipinski definition) is 0. The van der Waals surface area contributed by atoms with Crippen molar-refractivity contribution in [3.63, 3.8) is 0 Å². The molecule has 0 unspecified atom stereocenters. The second-order valence-electron chi connectivity index (χ2n) is 12.0. The molecule has 3 aromatic heterocycles. The van der Waals surface area contributed by atoms with E-state index in [4.69, 9.17) is 6.57 Å². The molecule has 0 atom stereocenters. The molecule has 0 amide bonds. The van der Waals surface area contributed by atoms with Gasteiger partial charge in [0.05, 0.1) is 40.0 Å². The van der Waals surface area contributed by atoms with Gasteiger partial charge in [-0.2, -0.15) is 0 Å². The molecular formula is C40H30N4. The summed E-state index contributed by atoms with van der Waals surface area (Å²) in [6, 6.07) is 34.9. The van der Waals surface area contributed by atoms with E-state index in [9.17, 15) is 0 Å². The van der Waals surface area contributed by atoms with Gasteiger partial charge in [0.1, 0.15) is 0 Å². The van der Waals surface area contributed by atoms with E-state index < -0.39 is 0 Å². The number of nitrogens with zero attached hydrogens (tertiary/aromatic N) is 4. The smallest absolute Gasteiger partial charge is 0.188 e. The summed E-state index contributed by atoms with van der Waals surface area (Å²) in [6.45, 7) is 16.5. The summed E-state index contributed by atoms with van der Waals surface area (Å²) >= 11 is 0. The molecule has 0 bridgehead atoms. The normalized spacial score (nSPS) is 11.6. The van der Waals surface area contributed by atoms with Gasteiger partial charge in [0.15, 0.2) is 5.69 Å². The van der Waals surface area contributed by atoms with Gasteiger partial charge in [-0.1, -0.05) is 54.6 Å². The van der Waals surface area contributed by atoms with Gasteiger partial charge in [-0.05, 0) is 98.0 Å². The Labute approximate surface area is 256 Å². The Balaban J connectivity index is 1.51. The molecule has 5 aromatic carbocycles. The maximum atomic E-state index is 7.92. The topological polar surface area (TPSA) is 27.1 Å². The largest absolute Gasteiger partial charge is 0.309 e. The molecule has 4 nitrogen and oxygen atoms in total. The fourth-order valence-electron chi connectivity index (χ4n) is 6.79. The fourth-order valence-corrected chi connectivity index (χ4v) is 6.79. The van der Waals surface area contributed by atoms with Crippen LogP contribution in [0.3, 0.4) is 0 Å². The summed E-state index contributed by atoms with van der Waals surface area (Å²) in [4.78, 5) is 8.52. The highest BCUT2D eigenvalue weighted by Gasteiger charge is 2.21. The molecule has 0 aliphatic carbocycles. The number of benzene rings is 5. The molecule has 0 spiro atoms. The van der Waals surface area contributed by atoms with Gasteiger partial charge in [-0.3, -0.25) is 4.98 Å². The van der Waals surface area contributed by atoms with Gasteiger partial charge in [0.25, 0.3) is 0 Å². The maximum Gasteiger partial charge on any atom is 0.188 e. The summed E-state index contributed by atoms with van der Waals surface area (Å²) in [7, 11) is 0. The van der Waals surface area contributed by atoms with E-state index in [1.165, 1.54) is 43.8 Å². The average Bonchev–Trinajstić information content (AvgIpc) is 3.51. The molecule has 210 valence electrons. The Morgan fingerprint density at radius 3 is 1.36 bits per heavy atom. The molecule has 0 N–H and O–H groups in total. The number of fused-ring (bicyclic) bond motifs is 6.